The first-order valence-electron chi connectivity index (χ1n) is 16.9. The number of rotatable bonds is 9. The van der Waals surface area contributed by atoms with Crippen molar-refractivity contribution >= 4 is 66.4 Å². The molecule has 0 amide bonds. The molecule has 6 rings (SSSR count). The summed E-state index contributed by atoms with van der Waals surface area (Å²) >= 11 is 12.8. The van der Waals surface area contributed by atoms with Gasteiger partial charge in [0.2, 0.25) is 0 Å². The van der Waals surface area contributed by atoms with Crippen molar-refractivity contribution in [3.05, 3.63) is 179 Å². The third kappa shape index (κ3) is 26.2. The summed E-state index contributed by atoms with van der Waals surface area (Å²) in [5.74, 6) is 0. The number of nitrogens with two attached hydrogens (primary N) is 1. The van der Waals surface area contributed by atoms with Crippen LogP contribution in [0, 0.1) is 27.7 Å². The summed E-state index contributed by atoms with van der Waals surface area (Å²) in [6.07, 6.45) is 3.57. The molecule has 0 saturated heterocycles. The summed E-state index contributed by atoms with van der Waals surface area (Å²) in [7, 11) is 0. The number of aromatic nitrogens is 6. The van der Waals surface area contributed by atoms with Crippen LogP contribution in [0.3, 0.4) is 0 Å². The zero-order chi connectivity index (χ0) is 39.6. The molecule has 0 atom stereocenters. The summed E-state index contributed by atoms with van der Waals surface area (Å²) in [5.41, 5.74) is 15.3. The van der Waals surface area contributed by atoms with Crippen molar-refractivity contribution in [1.82, 2.24) is 34.8 Å². The van der Waals surface area contributed by atoms with Gasteiger partial charge in [-0.2, -0.15) is 0 Å². The Balaban J connectivity index is 0.000000781. The fourth-order valence-corrected chi connectivity index (χ4v) is 4.91. The van der Waals surface area contributed by atoms with E-state index in [1.54, 1.807) is 12.3 Å². The SMILES string of the molecule is BrP(Br)Br.Cc1cccc(CBr)n1.Cc1cccc(CN(Cc2ccccn2)Cc2cccc(C)n2)n1.Cc1cccc(CO)n1.NCc1ccccn1.[Na+].[OH-]. The minimum atomic E-state index is -0.183. The number of aryl methyl sites for hydroxylation is 4. The Morgan fingerprint density at radius 1 is 0.536 bits per heavy atom. The van der Waals surface area contributed by atoms with Crippen molar-refractivity contribution < 1.29 is 40.1 Å². The Morgan fingerprint density at radius 3 is 1.18 bits per heavy atom. The molecule has 10 nitrogen and oxygen atoms in total. The van der Waals surface area contributed by atoms with Crippen LogP contribution in [0.15, 0.2) is 122 Å². The number of pyridine rings is 6. The van der Waals surface area contributed by atoms with Gasteiger partial charge >= 0.3 is 29.6 Å². The molecule has 16 heteroatoms. The normalized spacial score (nSPS) is 9.71. The van der Waals surface area contributed by atoms with Gasteiger partial charge in [0.1, 0.15) is 4.03 Å². The van der Waals surface area contributed by atoms with E-state index in [0.29, 0.717) is 6.54 Å². The fraction of sp³-hybridized carbons (Fsp3) is 0.250. The van der Waals surface area contributed by atoms with E-state index >= 15 is 0 Å². The van der Waals surface area contributed by atoms with Gasteiger partial charge in [0.15, 0.2) is 0 Å². The van der Waals surface area contributed by atoms with Crippen LogP contribution in [-0.4, -0.2) is 45.4 Å². The Morgan fingerprint density at radius 2 is 0.875 bits per heavy atom. The second-order valence-electron chi connectivity index (χ2n) is 11.6. The number of hydrogen-bond donors (Lipinski definition) is 2. The first-order valence-corrected chi connectivity index (χ1v) is 25.4. The average Bonchev–Trinajstić information content (AvgIpc) is 3.16. The molecule has 56 heavy (non-hydrogen) atoms. The molecule has 0 bridgehead atoms. The second kappa shape index (κ2) is 33.0. The maximum Gasteiger partial charge on any atom is 1.00 e. The van der Waals surface area contributed by atoms with E-state index in [2.05, 4.69) is 128 Å². The molecule has 6 aromatic rings. The monoisotopic (exact) mass is 1040 g/mol. The Labute approximate surface area is 387 Å². The van der Waals surface area contributed by atoms with Gasteiger partial charge in [-0.05, 0) is 147 Å². The van der Waals surface area contributed by atoms with Gasteiger partial charge in [-0.1, -0.05) is 52.3 Å². The topological polar surface area (TPSA) is 157 Å². The van der Waals surface area contributed by atoms with Crippen molar-refractivity contribution in [3.63, 3.8) is 0 Å². The molecule has 294 valence electrons. The number of aliphatic hydroxyl groups is 1. The largest absolute Gasteiger partial charge is 1.00 e. The molecule has 6 aromatic heterocycles. The maximum absolute atomic E-state index is 8.60. The van der Waals surface area contributed by atoms with Gasteiger partial charge < -0.3 is 16.3 Å². The number of alkyl halides is 1. The molecule has 0 fully saturated rings. The van der Waals surface area contributed by atoms with E-state index < -0.39 is 0 Å². The van der Waals surface area contributed by atoms with Crippen LogP contribution in [0.5, 0.6) is 0 Å². The molecular formula is C40H48Br4N8NaO2P. The van der Waals surface area contributed by atoms with Crippen LogP contribution in [0.4, 0.5) is 0 Å². The molecule has 0 unspecified atom stereocenters. The van der Waals surface area contributed by atoms with E-state index in [0.717, 1.165) is 81.9 Å². The smallest absolute Gasteiger partial charge is 0.870 e. The van der Waals surface area contributed by atoms with Crippen molar-refractivity contribution in [2.75, 3.05) is 0 Å². The maximum atomic E-state index is 8.60. The molecule has 0 aliphatic carbocycles. The number of nitrogens with zero attached hydrogens (tertiary/aromatic N) is 7. The number of hydrogen-bond acceptors (Lipinski definition) is 10. The first kappa shape index (κ1) is 54.1. The Bertz CT molecular complexity index is 1800. The molecule has 6 heterocycles. The summed E-state index contributed by atoms with van der Waals surface area (Å²) in [6.45, 7) is 10.8. The molecule has 0 aliphatic rings. The quantitative estimate of drug-likeness (QED) is 0.0839. The molecule has 0 spiro atoms. The summed E-state index contributed by atoms with van der Waals surface area (Å²) in [4.78, 5) is 28.3. The second-order valence-corrected chi connectivity index (χ2v) is 27.4. The minimum absolute atomic E-state index is 0. The Kier molecular flexibility index (Phi) is 31.9. The molecular weight excluding hydrogens is 998 g/mol. The molecule has 0 saturated carbocycles. The molecule has 0 aromatic carbocycles. The number of halogens is 4. The van der Waals surface area contributed by atoms with E-state index in [1.165, 1.54) is 0 Å². The Hall–Kier alpha value is -1.91. The van der Waals surface area contributed by atoms with E-state index in [-0.39, 0.29) is 45.7 Å². The van der Waals surface area contributed by atoms with Gasteiger partial charge in [-0.25, -0.2) is 0 Å². The zero-order valence-corrected chi connectivity index (χ0v) is 41.6. The van der Waals surface area contributed by atoms with Crippen LogP contribution in [-0.2, 0) is 38.1 Å². The van der Waals surface area contributed by atoms with Crippen LogP contribution in [0.1, 0.15) is 56.9 Å². The van der Waals surface area contributed by atoms with Crippen molar-refractivity contribution in [2.45, 2.75) is 65.8 Å². The predicted octanol–water partition coefficient (Wildman–Crippen LogP) is 7.62. The standard InChI is InChI=1S/C20H22N4.C7H8BrN.C7H9NO.C6H8N2.Br3P.Na.H2O/c1-16-7-5-10-19(22-16)14-24(13-18-9-3-4-12-21-18)15-20-11-6-8-17(2)23-20;1-6-3-2-4-7(5-8)9-6;1-6-3-2-4-7(5-9)8-6;7-5-6-3-1-2-4-8-6;1-4(2)3;;/h3-12H,13-15H2,1-2H3;2-4H,5H2,1H3;2-4,9H,5H2,1H3;1-4H,5,7H2;;;1H2/q;;;;;+1;/p-1. The predicted molar refractivity (Wildman–Crippen MR) is 239 cm³/mol. The van der Waals surface area contributed by atoms with Gasteiger partial charge in [0.05, 0.1) is 40.8 Å². The third-order valence-electron chi connectivity index (χ3n) is 6.90. The van der Waals surface area contributed by atoms with E-state index in [1.807, 2.05) is 107 Å². The zero-order valence-electron chi connectivity index (χ0n) is 32.4. The van der Waals surface area contributed by atoms with Crippen LogP contribution >= 0.6 is 66.4 Å². The van der Waals surface area contributed by atoms with Gasteiger partial charge in [-0.3, -0.25) is 34.8 Å². The van der Waals surface area contributed by atoms with Crippen molar-refractivity contribution in [1.29, 1.82) is 0 Å². The van der Waals surface area contributed by atoms with Crippen LogP contribution in [0.25, 0.3) is 0 Å². The van der Waals surface area contributed by atoms with Gasteiger partial charge in [0.25, 0.3) is 0 Å². The van der Waals surface area contributed by atoms with Crippen LogP contribution in [0.2, 0.25) is 0 Å². The summed E-state index contributed by atoms with van der Waals surface area (Å²) in [5, 5.41) is 9.44. The molecule has 0 radical (unpaired) electrons. The minimum Gasteiger partial charge on any atom is -0.870 e. The van der Waals surface area contributed by atoms with Gasteiger partial charge in [-0.15, -0.1) is 0 Å². The van der Waals surface area contributed by atoms with Crippen molar-refractivity contribution in [3.8, 4) is 0 Å². The third-order valence-corrected chi connectivity index (χ3v) is 7.48. The fourth-order valence-electron chi connectivity index (χ4n) is 4.60. The van der Waals surface area contributed by atoms with Crippen molar-refractivity contribution in [2.24, 2.45) is 5.73 Å². The summed E-state index contributed by atoms with van der Waals surface area (Å²) < 4.78 is -0.183. The van der Waals surface area contributed by atoms with E-state index in [4.69, 9.17) is 10.8 Å². The molecule has 4 N–H and O–H groups in total. The van der Waals surface area contributed by atoms with E-state index in [9.17, 15) is 0 Å². The average molecular weight is 1050 g/mol. The first-order chi connectivity index (χ1) is 26.0. The number of aliphatic hydroxyl groups excluding tert-OH is 1. The molecule has 0 aliphatic heterocycles. The van der Waals surface area contributed by atoms with Gasteiger partial charge in [0, 0.05) is 66.7 Å². The van der Waals surface area contributed by atoms with Crippen LogP contribution < -0.4 is 35.3 Å². The summed E-state index contributed by atoms with van der Waals surface area (Å²) in [6, 6.07) is 35.6.